The maximum absolute atomic E-state index is 13.0. The van der Waals surface area contributed by atoms with E-state index in [-0.39, 0.29) is 18.2 Å². The van der Waals surface area contributed by atoms with Gasteiger partial charge in [0.1, 0.15) is 11.4 Å². The van der Waals surface area contributed by atoms with E-state index in [1.54, 1.807) is 32.9 Å². The Labute approximate surface area is 101 Å². The molecule has 0 amide bonds. The second-order valence-corrected chi connectivity index (χ2v) is 4.95. The second-order valence-electron chi connectivity index (χ2n) is 4.95. The molecule has 1 aromatic carbocycles. The average Bonchev–Trinajstić information content (AvgIpc) is 2.14. The Bertz CT molecular complexity index is 399. The van der Waals surface area contributed by atoms with Gasteiger partial charge < -0.3 is 10.5 Å². The zero-order valence-corrected chi connectivity index (χ0v) is 10.4. The van der Waals surface area contributed by atoms with Crippen molar-refractivity contribution in [2.75, 3.05) is 0 Å². The molecule has 0 unspecified atom stereocenters. The van der Waals surface area contributed by atoms with Gasteiger partial charge >= 0.3 is 5.97 Å². The molecule has 3 nitrogen and oxygen atoms in total. The minimum atomic E-state index is -0.541. The minimum Gasteiger partial charge on any atom is -0.460 e. The zero-order chi connectivity index (χ0) is 13.1. The van der Waals surface area contributed by atoms with E-state index in [4.69, 9.17) is 10.5 Å². The van der Waals surface area contributed by atoms with Crippen molar-refractivity contribution in [1.29, 1.82) is 0 Å². The molecule has 0 aliphatic heterocycles. The van der Waals surface area contributed by atoms with Crippen LogP contribution in [0.15, 0.2) is 24.3 Å². The third kappa shape index (κ3) is 4.95. The first kappa shape index (κ1) is 13.6. The first-order valence-electron chi connectivity index (χ1n) is 5.51. The Morgan fingerprint density at radius 1 is 1.47 bits per heavy atom. The second kappa shape index (κ2) is 5.27. The molecule has 0 radical (unpaired) electrons. The molecule has 17 heavy (non-hydrogen) atoms. The molecule has 0 fully saturated rings. The number of carbonyl (C=O) groups is 1. The van der Waals surface area contributed by atoms with Crippen molar-refractivity contribution in [1.82, 2.24) is 0 Å². The highest BCUT2D eigenvalue weighted by atomic mass is 19.1. The third-order valence-corrected chi connectivity index (χ3v) is 2.08. The number of esters is 1. The molecule has 0 aliphatic carbocycles. The number of hydrogen-bond acceptors (Lipinski definition) is 3. The lowest BCUT2D eigenvalue weighted by Gasteiger charge is -2.21. The van der Waals surface area contributed by atoms with Gasteiger partial charge in [0.25, 0.3) is 0 Å². The lowest BCUT2D eigenvalue weighted by atomic mass is 10.0. The highest BCUT2D eigenvalue weighted by Gasteiger charge is 2.19. The topological polar surface area (TPSA) is 52.3 Å². The first-order valence-corrected chi connectivity index (χ1v) is 5.51. The average molecular weight is 239 g/mol. The molecule has 0 spiro atoms. The van der Waals surface area contributed by atoms with E-state index in [0.29, 0.717) is 5.56 Å². The first-order chi connectivity index (χ1) is 7.78. The Kier molecular flexibility index (Phi) is 4.23. The summed E-state index contributed by atoms with van der Waals surface area (Å²) in [5.41, 5.74) is 5.88. The van der Waals surface area contributed by atoms with Crippen LogP contribution in [0.3, 0.4) is 0 Å². The number of rotatable bonds is 3. The molecular formula is C13H18FNO2. The van der Waals surface area contributed by atoms with Crippen LogP contribution in [-0.2, 0) is 9.53 Å². The standard InChI is InChI=1S/C13H18FNO2/c1-13(2,3)17-12(16)8-11(15)9-5-4-6-10(14)7-9/h4-7,11H,8,15H2,1-3H3/t11-/m1/s1. The van der Waals surface area contributed by atoms with Crippen LogP contribution in [0.4, 0.5) is 4.39 Å². The van der Waals surface area contributed by atoms with E-state index in [1.165, 1.54) is 12.1 Å². The smallest absolute Gasteiger partial charge is 0.308 e. The number of carbonyl (C=O) groups excluding carboxylic acids is 1. The predicted molar refractivity (Wildman–Crippen MR) is 63.8 cm³/mol. The van der Waals surface area contributed by atoms with Crippen LogP contribution in [0.25, 0.3) is 0 Å². The summed E-state index contributed by atoms with van der Waals surface area (Å²) in [6.45, 7) is 5.37. The largest absolute Gasteiger partial charge is 0.460 e. The van der Waals surface area contributed by atoms with E-state index in [0.717, 1.165) is 0 Å². The van der Waals surface area contributed by atoms with Gasteiger partial charge in [-0.2, -0.15) is 0 Å². The fourth-order valence-electron chi connectivity index (χ4n) is 1.42. The fourth-order valence-corrected chi connectivity index (χ4v) is 1.42. The number of hydrogen-bond donors (Lipinski definition) is 1. The van der Waals surface area contributed by atoms with E-state index >= 15 is 0 Å². The molecule has 0 saturated carbocycles. The molecule has 0 heterocycles. The Morgan fingerprint density at radius 3 is 2.65 bits per heavy atom. The summed E-state index contributed by atoms with van der Waals surface area (Å²) < 4.78 is 18.1. The molecule has 0 aromatic heterocycles. The maximum atomic E-state index is 13.0. The summed E-state index contributed by atoms with van der Waals surface area (Å²) in [5, 5.41) is 0. The monoisotopic (exact) mass is 239 g/mol. The van der Waals surface area contributed by atoms with Gasteiger partial charge in [-0.25, -0.2) is 4.39 Å². The molecule has 1 rings (SSSR count). The van der Waals surface area contributed by atoms with E-state index in [1.807, 2.05) is 0 Å². The van der Waals surface area contributed by atoms with Crippen LogP contribution in [0.5, 0.6) is 0 Å². The van der Waals surface area contributed by atoms with Crippen molar-refractivity contribution in [2.24, 2.45) is 5.73 Å². The van der Waals surface area contributed by atoms with Gasteiger partial charge in [0, 0.05) is 6.04 Å². The van der Waals surface area contributed by atoms with Gasteiger partial charge in [0.2, 0.25) is 0 Å². The highest BCUT2D eigenvalue weighted by Crippen LogP contribution is 2.17. The minimum absolute atomic E-state index is 0.0424. The van der Waals surface area contributed by atoms with Crippen LogP contribution in [0.2, 0.25) is 0 Å². The Hall–Kier alpha value is -1.42. The van der Waals surface area contributed by atoms with Crippen molar-refractivity contribution in [3.05, 3.63) is 35.6 Å². The lowest BCUT2D eigenvalue weighted by Crippen LogP contribution is -2.26. The van der Waals surface area contributed by atoms with Crippen molar-refractivity contribution >= 4 is 5.97 Å². The van der Waals surface area contributed by atoms with Crippen LogP contribution in [0.1, 0.15) is 38.8 Å². The summed E-state index contributed by atoms with van der Waals surface area (Å²) in [6.07, 6.45) is 0.0424. The van der Waals surface area contributed by atoms with Crippen LogP contribution >= 0.6 is 0 Å². The maximum Gasteiger partial charge on any atom is 0.308 e. The normalized spacial score (nSPS) is 13.2. The quantitative estimate of drug-likeness (QED) is 0.825. The fraction of sp³-hybridized carbons (Fsp3) is 0.462. The Balaban J connectivity index is 2.61. The van der Waals surface area contributed by atoms with Gasteiger partial charge in [-0.15, -0.1) is 0 Å². The molecular weight excluding hydrogens is 221 g/mol. The van der Waals surface area contributed by atoms with Crippen LogP contribution in [-0.4, -0.2) is 11.6 Å². The predicted octanol–water partition coefficient (Wildman–Crippen LogP) is 2.56. The Morgan fingerprint density at radius 2 is 2.12 bits per heavy atom. The zero-order valence-electron chi connectivity index (χ0n) is 10.4. The van der Waals surface area contributed by atoms with Crippen molar-refractivity contribution in [2.45, 2.75) is 38.8 Å². The van der Waals surface area contributed by atoms with Crippen molar-refractivity contribution in [3.63, 3.8) is 0 Å². The van der Waals surface area contributed by atoms with E-state index < -0.39 is 11.6 Å². The molecule has 1 aromatic rings. The van der Waals surface area contributed by atoms with E-state index in [2.05, 4.69) is 0 Å². The molecule has 94 valence electrons. The number of halogens is 1. The molecule has 1 atom stereocenters. The number of benzene rings is 1. The van der Waals surface area contributed by atoms with E-state index in [9.17, 15) is 9.18 Å². The summed E-state index contributed by atoms with van der Waals surface area (Å²) in [7, 11) is 0. The molecule has 4 heteroatoms. The number of nitrogens with two attached hydrogens (primary N) is 1. The lowest BCUT2D eigenvalue weighted by molar-refractivity contribution is -0.155. The van der Waals surface area contributed by atoms with Crippen LogP contribution in [0, 0.1) is 5.82 Å². The van der Waals surface area contributed by atoms with Crippen molar-refractivity contribution in [3.8, 4) is 0 Å². The summed E-state index contributed by atoms with van der Waals surface area (Å²) in [4.78, 5) is 11.5. The third-order valence-electron chi connectivity index (χ3n) is 2.08. The van der Waals surface area contributed by atoms with Gasteiger partial charge in [0.05, 0.1) is 6.42 Å². The van der Waals surface area contributed by atoms with Crippen LogP contribution < -0.4 is 5.73 Å². The summed E-state index contributed by atoms with van der Waals surface area (Å²) >= 11 is 0. The molecule has 2 N–H and O–H groups in total. The highest BCUT2D eigenvalue weighted by molar-refractivity contribution is 5.70. The SMILES string of the molecule is CC(C)(C)OC(=O)C[C@@H](N)c1cccc(F)c1. The molecule has 0 aliphatic rings. The van der Waals surface area contributed by atoms with Gasteiger partial charge in [-0.3, -0.25) is 4.79 Å². The van der Waals surface area contributed by atoms with Gasteiger partial charge in [-0.05, 0) is 38.5 Å². The summed E-state index contributed by atoms with van der Waals surface area (Å²) in [6, 6.07) is 5.39. The number of ether oxygens (including phenoxy) is 1. The van der Waals surface area contributed by atoms with Crippen molar-refractivity contribution < 1.29 is 13.9 Å². The van der Waals surface area contributed by atoms with Gasteiger partial charge in [-0.1, -0.05) is 12.1 Å². The molecule has 0 bridgehead atoms. The molecule has 0 saturated heterocycles. The summed E-state index contributed by atoms with van der Waals surface area (Å²) in [5.74, 6) is -0.739. The van der Waals surface area contributed by atoms with Gasteiger partial charge in [0.15, 0.2) is 0 Å².